The van der Waals surface area contributed by atoms with Crippen molar-refractivity contribution in [3.8, 4) is 0 Å². The first kappa shape index (κ1) is 17.4. The first-order chi connectivity index (χ1) is 11.0. The number of nitrogens with one attached hydrogen (secondary N) is 1. The van der Waals surface area contributed by atoms with E-state index in [0.717, 1.165) is 13.1 Å². The van der Waals surface area contributed by atoms with E-state index < -0.39 is 23.7 Å². The molecular weight excluding hydrogens is 301 g/mol. The van der Waals surface area contributed by atoms with E-state index in [1.54, 1.807) is 19.1 Å². The summed E-state index contributed by atoms with van der Waals surface area (Å²) in [7, 11) is 0. The summed E-state index contributed by atoms with van der Waals surface area (Å²) in [5.41, 5.74) is 0.0487. The van der Waals surface area contributed by atoms with Crippen molar-refractivity contribution in [2.75, 3.05) is 39.3 Å². The summed E-state index contributed by atoms with van der Waals surface area (Å²) in [4.78, 5) is 26.9. The molecule has 1 aliphatic rings. The first-order valence-corrected chi connectivity index (χ1v) is 7.71. The number of hydrogen-bond acceptors (Lipinski definition) is 4. The highest BCUT2D eigenvalue weighted by Gasteiger charge is 2.24. The fourth-order valence-electron chi connectivity index (χ4n) is 2.60. The van der Waals surface area contributed by atoms with Crippen LogP contribution in [-0.2, 0) is 4.79 Å². The third-order valence-electron chi connectivity index (χ3n) is 4.14. The van der Waals surface area contributed by atoms with Crippen molar-refractivity contribution in [1.82, 2.24) is 15.1 Å². The highest BCUT2D eigenvalue weighted by molar-refractivity contribution is 5.94. The molecule has 1 fully saturated rings. The van der Waals surface area contributed by atoms with Gasteiger partial charge in [0.1, 0.15) is 11.9 Å². The molecule has 0 aliphatic carbocycles. The largest absolute Gasteiger partial charge is 0.480 e. The van der Waals surface area contributed by atoms with Crippen LogP contribution in [0.15, 0.2) is 24.3 Å². The normalized spacial score (nSPS) is 17.7. The Morgan fingerprint density at radius 2 is 1.91 bits per heavy atom. The van der Waals surface area contributed by atoms with Crippen LogP contribution >= 0.6 is 0 Å². The predicted molar refractivity (Wildman–Crippen MR) is 83.8 cm³/mol. The molecule has 23 heavy (non-hydrogen) atoms. The molecule has 1 aliphatic heterocycles. The molecule has 1 atom stereocenters. The predicted octanol–water partition coefficient (Wildman–Crippen LogP) is 0.646. The molecule has 2 rings (SSSR count). The van der Waals surface area contributed by atoms with E-state index in [1.807, 2.05) is 4.90 Å². The van der Waals surface area contributed by atoms with Crippen LogP contribution in [-0.4, -0.2) is 72.1 Å². The number of hydrogen-bond donors (Lipinski definition) is 2. The molecule has 0 saturated carbocycles. The molecule has 2 N–H and O–H groups in total. The number of halogens is 1. The summed E-state index contributed by atoms with van der Waals surface area (Å²) in [6.45, 7) is 5.67. The lowest BCUT2D eigenvalue weighted by Crippen LogP contribution is -2.52. The number of rotatable bonds is 6. The summed E-state index contributed by atoms with van der Waals surface area (Å²) in [5.74, 6) is -1.75. The summed E-state index contributed by atoms with van der Waals surface area (Å²) in [6.07, 6.45) is 0. The quantitative estimate of drug-likeness (QED) is 0.804. The van der Waals surface area contributed by atoms with E-state index in [-0.39, 0.29) is 5.56 Å². The molecule has 0 radical (unpaired) electrons. The van der Waals surface area contributed by atoms with Gasteiger partial charge in [0.05, 0.1) is 5.56 Å². The number of carboxylic acids is 1. The van der Waals surface area contributed by atoms with Gasteiger partial charge in [-0.15, -0.1) is 0 Å². The van der Waals surface area contributed by atoms with Gasteiger partial charge in [0.2, 0.25) is 0 Å². The van der Waals surface area contributed by atoms with Crippen molar-refractivity contribution in [1.29, 1.82) is 0 Å². The highest BCUT2D eigenvalue weighted by atomic mass is 19.1. The Labute approximate surface area is 134 Å². The van der Waals surface area contributed by atoms with E-state index in [2.05, 4.69) is 10.2 Å². The maximum atomic E-state index is 13.5. The van der Waals surface area contributed by atoms with Gasteiger partial charge in [0.25, 0.3) is 5.91 Å². The Morgan fingerprint density at radius 1 is 1.26 bits per heavy atom. The summed E-state index contributed by atoms with van der Waals surface area (Å²) in [6, 6.07) is 5.41. The van der Waals surface area contributed by atoms with Crippen LogP contribution in [0, 0.1) is 5.82 Å². The molecule has 0 unspecified atom stereocenters. The SMILES string of the molecule is C[C@@H](C(=O)O)N1CCN(CCNC(=O)c2ccccc2F)CC1. The van der Waals surface area contributed by atoms with Gasteiger partial charge in [-0.1, -0.05) is 12.1 Å². The minimum absolute atomic E-state index is 0.0487. The average Bonchev–Trinajstić information content (AvgIpc) is 2.55. The molecule has 7 heteroatoms. The molecule has 0 spiro atoms. The zero-order valence-corrected chi connectivity index (χ0v) is 13.2. The van der Waals surface area contributed by atoms with E-state index in [4.69, 9.17) is 5.11 Å². The lowest BCUT2D eigenvalue weighted by Gasteiger charge is -2.36. The molecule has 1 aromatic rings. The molecule has 1 aromatic carbocycles. The minimum Gasteiger partial charge on any atom is -0.480 e. The van der Waals surface area contributed by atoms with Crippen LogP contribution < -0.4 is 5.32 Å². The number of carbonyl (C=O) groups excluding carboxylic acids is 1. The number of piperazine rings is 1. The Bertz CT molecular complexity index is 559. The van der Waals surface area contributed by atoms with Gasteiger partial charge < -0.3 is 10.4 Å². The Hall–Kier alpha value is -1.99. The van der Waals surface area contributed by atoms with Gasteiger partial charge in [-0.3, -0.25) is 19.4 Å². The minimum atomic E-state index is -0.810. The summed E-state index contributed by atoms with van der Waals surface area (Å²) >= 11 is 0. The molecule has 6 nitrogen and oxygen atoms in total. The van der Waals surface area contributed by atoms with E-state index in [0.29, 0.717) is 26.2 Å². The maximum Gasteiger partial charge on any atom is 0.320 e. The van der Waals surface area contributed by atoms with E-state index in [9.17, 15) is 14.0 Å². The van der Waals surface area contributed by atoms with E-state index >= 15 is 0 Å². The van der Waals surface area contributed by atoms with Crippen LogP contribution in [0.3, 0.4) is 0 Å². The number of nitrogens with zero attached hydrogens (tertiary/aromatic N) is 2. The first-order valence-electron chi connectivity index (χ1n) is 7.71. The fourth-order valence-corrected chi connectivity index (χ4v) is 2.60. The van der Waals surface area contributed by atoms with Crippen LogP contribution in [0.4, 0.5) is 4.39 Å². The van der Waals surface area contributed by atoms with Crippen molar-refractivity contribution >= 4 is 11.9 Å². The van der Waals surface area contributed by atoms with Gasteiger partial charge in [0, 0.05) is 39.3 Å². The molecule has 1 amide bonds. The monoisotopic (exact) mass is 323 g/mol. The van der Waals surface area contributed by atoms with Crippen LogP contribution in [0.25, 0.3) is 0 Å². The highest BCUT2D eigenvalue weighted by Crippen LogP contribution is 2.07. The van der Waals surface area contributed by atoms with Crippen LogP contribution in [0.5, 0.6) is 0 Å². The summed E-state index contributed by atoms with van der Waals surface area (Å²) < 4.78 is 13.5. The van der Waals surface area contributed by atoms with Gasteiger partial charge in [-0.2, -0.15) is 0 Å². The second-order valence-corrected chi connectivity index (χ2v) is 5.63. The number of aliphatic carboxylic acids is 1. The topological polar surface area (TPSA) is 72.9 Å². The van der Waals surface area contributed by atoms with Crippen molar-refractivity contribution in [2.45, 2.75) is 13.0 Å². The third-order valence-corrected chi connectivity index (χ3v) is 4.14. The smallest absolute Gasteiger partial charge is 0.320 e. The second-order valence-electron chi connectivity index (χ2n) is 5.63. The fraction of sp³-hybridized carbons (Fsp3) is 0.500. The van der Waals surface area contributed by atoms with Crippen molar-refractivity contribution in [2.24, 2.45) is 0 Å². The van der Waals surface area contributed by atoms with Gasteiger partial charge in [0.15, 0.2) is 0 Å². The molecule has 0 bridgehead atoms. The molecule has 0 aromatic heterocycles. The standard InChI is InChI=1S/C16H22FN3O3/c1-12(16(22)23)20-10-8-19(9-11-20)7-6-18-15(21)13-4-2-3-5-14(13)17/h2-5,12H,6-11H2,1H3,(H,18,21)(H,22,23)/t12-/m0/s1. The third kappa shape index (κ3) is 4.74. The van der Waals surface area contributed by atoms with E-state index in [1.165, 1.54) is 12.1 Å². The molecular formula is C16H22FN3O3. The number of amides is 1. The Balaban J connectivity index is 1.71. The number of carboxylic acid groups (broad SMARTS) is 1. The maximum absolute atomic E-state index is 13.5. The molecule has 126 valence electrons. The molecule has 1 heterocycles. The van der Waals surface area contributed by atoms with Crippen molar-refractivity contribution < 1.29 is 19.1 Å². The zero-order chi connectivity index (χ0) is 16.8. The van der Waals surface area contributed by atoms with Crippen molar-refractivity contribution in [3.63, 3.8) is 0 Å². The Kier molecular flexibility index (Phi) is 6.06. The second kappa shape index (κ2) is 8.03. The van der Waals surface area contributed by atoms with Crippen molar-refractivity contribution in [3.05, 3.63) is 35.6 Å². The zero-order valence-electron chi connectivity index (χ0n) is 13.2. The van der Waals surface area contributed by atoms with Gasteiger partial charge in [-0.25, -0.2) is 4.39 Å². The Morgan fingerprint density at radius 3 is 2.52 bits per heavy atom. The van der Waals surface area contributed by atoms with Gasteiger partial charge >= 0.3 is 5.97 Å². The summed E-state index contributed by atoms with van der Waals surface area (Å²) in [5, 5.41) is 11.7. The number of carbonyl (C=O) groups is 2. The lowest BCUT2D eigenvalue weighted by molar-refractivity contribution is -0.143. The average molecular weight is 323 g/mol. The van der Waals surface area contributed by atoms with Crippen LogP contribution in [0.2, 0.25) is 0 Å². The lowest BCUT2D eigenvalue weighted by atomic mass is 10.2. The number of benzene rings is 1. The van der Waals surface area contributed by atoms with Crippen LogP contribution in [0.1, 0.15) is 17.3 Å². The molecule has 1 saturated heterocycles. The van der Waals surface area contributed by atoms with Gasteiger partial charge in [-0.05, 0) is 19.1 Å².